The second kappa shape index (κ2) is 10.6. The first-order valence-electron chi connectivity index (χ1n) is 10.7. The van der Waals surface area contributed by atoms with Crippen LogP contribution in [0.2, 0.25) is 0 Å². The summed E-state index contributed by atoms with van der Waals surface area (Å²) in [7, 11) is -8.34. The predicted octanol–water partition coefficient (Wildman–Crippen LogP) is 4.65. The number of nitrogens with zero attached hydrogens (tertiary/aromatic N) is 1. The van der Waals surface area contributed by atoms with Crippen molar-refractivity contribution < 1.29 is 48.3 Å². The van der Waals surface area contributed by atoms with Gasteiger partial charge in [0.2, 0.25) is 5.60 Å². The van der Waals surface area contributed by atoms with Gasteiger partial charge in [-0.25, -0.2) is 16.8 Å². The van der Waals surface area contributed by atoms with Gasteiger partial charge in [0, 0.05) is 17.4 Å². The Morgan fingerprint density at radius 1 is 0.769 bits per heavy atom. The van der Waals surface area contributed by atoms with Gasteiger partial charge in [-0.1, -0.05) is 36.3 Å². The number of hydrogen-bond acceptors (Lipinski definition) is 5. The van der Waals surface area contributed by atoms with Crippen LogP contribution >= 0.6 is 0 Å². The Kier molecular flexibility index (Phi) is 8.12. The van der Waals surface area contributed by atoms with E-state index in [1.807, 2.05) is 0 Å². The number of sulfonamides is 1. The number of rotatable bonds is 6. The number of hydrogen-bond donors (Lipinski definition) is 1. The van der Waals surface area contributed by atoms with Crippen LogP contribution in [0.5, 0.6) is 0 Å². The van der Waals surface area contributed by atoms with Gasteiger partial charge >= 0.3 is 12.4 Å². The highest BCUT2D eigenvalue weighted by molar-refractivity contribution is 7.92. The molecule has 0 heterocycles. The van der Waals surface area contributed by atoms with Gasteiger partial charge in [-0.3, -0.25) is 4.31 Å². The molecule has 0 saturated carbocycles. The monoisotopic (exact) mass is 591 g/mol. The van der Waals surface area contributed by atoms with E-state index in [1.165, 1.54) is 18.2 Å². The average Bonchev–Trinajstić information content (AvgIpc) is 2.85. The van der Waals surface area contributed by atoms with E-state index in [-0.39, 0.29) is 14.8 Å². The molecular weight excluding hydrogens is 572 g/mol. The van der Waals surface area contributed by atoms with E-state index in [0.717, 1.165) is 42.7 Å². The Hall–Kier alpha value is -3.54. The van der Waals surface area contributed by atoms with Crippen molar-refractivity contribution in [2.75, 3.05) is 17.1 Å². The van der Waals surface area contributed by atoms with Gasteiger partial charge in [-0.05, 0) is 54.5 Å². The molecule has 3 aromatic rings. The van der Waals surface area contributed by atoms with E-state index >= 15 is 0 Å². The first-order valence-corrected chi connectivity index (χ1v) is 14.1. The maximum Gasteiger partial charge on any atom is 0.433 e. The zero-order valence-corrected chi connectivity index (χ0v) is 21.5. The summed E-state index contributed by atoms with van der Waals surface area (Å²) in [4.78, 5) is -0.582. The Morgan fingerprint density at radius 3 is 1.77 bits per heavy atom. The highest BCUT2D eigenvalue weighted by Crippen LogP contribution is 2.40. The molecule has 0 saturated heterocycles. The van der Waals surface area contributed by atoms with Gasteiger partial charge in [0.05, 0.1) is 15.5 Å². The maximum absolute atomic E-state index is 13.9. The van der Waals surface area contributed by atoms with Gasteiger partial charge in [-0.2, -0.15) is 26.3 Å². The maximum atomic E-state index is 13.9. The van der Waals surface area contributed by atoms with Crippen molar-refractivity contribution in [3.05, 3.63) is 90.0 Å². The summed E-state index contributed by atoms with van der Waals surface area (Å²) >= 11 is 0. The Balaban J connectivity index is 2.05. The molecule has 0 aliphatic heterocycles. The fourth-order valence-electron chi connectivity index (χ4n) is 3.32. The Labute approximate surface area is 220 Å². The van der Waals surface area contributed by atoms with Crippen LogP contribution in [0.25, 0.3) is 0 Å². The zero-order chi connectivity index (χ0) is 29.3. The summed E-state index contributed by atoms with van der Waals surface area (Å²) < 4.78 is 131. The minimum atomic E-state index is -5.38. The molecule has 0 radical (unpaired) electrons. The summed E-state index contributed by atoms with van der Waals surface area (Å²) in [5, 5.41) is 10.5. The lowest BCUT2D eigenvalue weighted by molar-refractivity contribution is -0.240. The molecule has 0 bridgehead atoms. The van der Waals surface area contributed by atoms with E-state index in [2.05, 4.69) is 5.92 Å². The van der Waals surface area contributed by atoms with Crippen molar-refractivity contribution >= 4 is 25.5 Å². The first-order chi connectivity index (χ1) is 17.8. The van der Waals surface area contributed by atoms with Crippen molar-refractivity contribution in [2.24, 2.45) is 0 Å². The highest BCUT2D eigenvalue weighted by atomic mass is 32.2. The molecule has 0 spiro atoms. The second-order valence-corrected chi connectivity index (χ2v) is 12.1. The second-order valence-electron chi connectivity index (χ2n) is 8.24. The Bertz CT molecular complexity index is 1590. The number of sulfone groups is 1. The summed E-state index contributed by atoms with van der Waals surface area (Å²) in [6.07, 6.45) is -9.44. The molecule has 14 heteroatoms. The number of benzene rings is 3. The summed E-state index contributed by atoms with van der Waals surface area (Å²) in [5.41, 5.74) is -5.35. The predicted molar refractivity (Wildman–Crippen MR) is 130 cm³/mol. The molecule has 0 aliphatic carbocycles. The Morgan fingerprint density at radius 2 is 1.31 bits per heavy atom. The van der Waals surface area contributed by atoms with Crippen molar-refractivity contribution in [2.45, 2.75) is 27.7 Å². The van der Waals surface area contributed by atoms with Crippen LogP contribution in [-0.4, -0.2) is 47.1 Å². The first kappa shape index (κ1) is 30.0. The van der Waals surface area contributed by atoms with Crippen molar-refractivity contribution in [3.63, 3.8) is 0 Å². The summed E-state index contributed by atoms with van der Waals surface area (Å²) in [6.45, 7) is -1.96. The molecule has 0 aliphatic rings. The summed E-state index contributed by atoms with van der Waals surface area (Å²) in [6, 6.07) is 13.3. The van der Waals surface area contributed by atoms with E-state index in [1.54, 1.807) is 5.92 Å². The third kappa shape index (κ3) is 6.92. The third-order valence-electron chi connectivity index (χ3n) is 5.31. The molecule has 1 unspecified atom stereocenters. The van der Waals surface area contributed by atoms with Gasteiger partial charge in [0.15, 0.2) is 9.84 Å². The smallest absolute Gasteiger partial charge is 0.366 e. The number of alkyl halides is 6. The molecule has 0 aromatic heterocycles. The van der Waals surface area contributed by atoms with Gasteiger partial charge in [0.25, 0.3) is 10.0 Å². The van der Waals surface area contributed by atoms with Crippen LogP contribution in [0.1, 0.15) is 11.1 Å². The minimum Gasteiger partial charge on any atom is -0.366 e. The van der Waals surface area contributed by atoms with Gasteiger partial charge in [-0.15, -0.1) is 0 Å². The molecule has 3 aromatic carbocycles. The van der Waals surface area contributed by atoms with Crippen molar-refractivity contribution in [1.29, 1.82) is 0 Å². The van der Waals surface area contributed by atoms with Crippen molar-refractivity contribution in [1.82, 2.24) is 0 Å². The average molecular weight is 592 g/mol. The minimum absolute atomic E-state index is 0.00618. The highest BCUT2D eigenvalue weighted by Gasteiger charge is 2.54. The van der Waals surface area contributed by atoms with E-state index in [9.17, 15) is 48.3 Å². The van der Waals surface area contributed by atoms with E-state index in [0.29, 0.717) is 24.3 Å². The normalized spacial score (nSPS) is 14.2. The van der Waals surface area contributed by atoms with Crippen LogP contribution in [0.4, 0.5) is 32.0 Å². The molecule has 0 amide bonds. The number of halogens is 6. The van der Waals surface area contributed by atoms with Crippen LogP contribution in [0.15, 0.2) is 88.7 Å². The topological polar surface area (TPSA) is 91.8 Å². The molecular formula is C25H19F6NO5S2. The largest absolute Gasteiger partial charge is 0.433 e. The zero-order valence-electron chi connectivity index (χ0n) is 19.8. The van der Waals surface area contributed by atoms with Crippen LogP contribution < -0.4 is 4.31 Å². The number of anilines is 1. The standard InChI is InChI=1S/C25H19F6NO5S2/c1-38(34,35)21-13-7-18(8-14-21)15-16-23(33,25(29,30)31)19-9-11-20(12-10-19)32(17-24(26,27)28)39(36,37)22-5-3-2-4-6-22/h2-14,33H,17H2,1H3. The van der Waals surface area contributed by atoms with Crippen molar-refractivity contribution in [3.8, 4) is 11.8 Å². The molecule has 208 valence electrons. The molecule has 3 rings (SSSR count). The molecule has 0 fully saturated rings. The van der Waals surface area contributed by atoms with E-state index < -0.39 is 60.5 Å². The summed E-state index contributed by atoms with van der Waals surface area (Å²) in [5.74, 6) is 3.80. The van der Waals surface area contributed by atoms with Gasteiger partial charge in [0.1, 0.15) is 6.54 Å². The molecule has 1 atom stereocenters. The van der Waals surface area contributed by atoms with Crippen LogP contribution in [0, 0.1) is 11.8 Å². The molecule has 1 N–H and O–H groups in total. The number of aliphatic hydroxyl groups is 1. The lowest BCUT2D eigenvalue weighted by Gasteiger charge is -2.28. The van der Waals surface area contributed by atoms with Crippen LogP contribution in [-0.2, 0) is 25.5 Å². The molecule has 6 nitrogen and oxygen atoms in total. The fraction of sp³-hybridized carbons (Fsp3) is 0.200. The van der Waals surface area contributed by atoms with Crippen LogP contribution in [0.3, 0.4) is 0 Å². The van der Waals surface area contributed by atoms with E-state index in [4.69, 9.17) is 0 Å². The fourth-order valence-corrected chi connectivity index (χ4v) is 5.42. The quantitative estimate of drug-likeness (QED) is 0.333. The lowest BCUT2D eigenvalue weighted by Crippen LogP contribution is -2.41. The molecule has 39 heavy (non-hydrogen) atoms. The van der Waals surface area contributed by atoms with Gasteiger partial charge < -0.3 is 5.11 Å². The third-order valence-corrected chi connectivity index (χ3v) is 8.22. The lowest BCUT2D eigenvalue weighted by atomic mass is 9.93. The SMILES string of the molecule is CS(=O)(=O)c1ccc(C#CC(O)(c2ccc(N(CC(F)(F)F)S(=O)(=O)c3ccccc3)cc2)C(F)(F)F)cc1.